The van der Waals surface area contributed by atoms with Gasteiger partial charge in [-0.2, -0.15) is 0 Å². The molecular weight excluding hydrogens is 292 g/mol. The van der Waals surface area contributed by atoms with Crippen LogP contribution in [0, 0.1) is 0 Å². The molecule has 1 heterocycles. The molecule has 0 aliphatic carbocycles. The Balaban J connectivity index is 2.29. The second-order valence-electron chi connectivity index (χ2n) is 4.26. The highest BCUT2D eigenvalue weighted by Crippen LogP contribution is 2.17. The average Bonchev–Trinajstić information content (AvgIpc) is 2.53. The smallest absolute Gasteiger partial charge is 0.276 e. The number of carbonyl (C=O) groups excluding carboxylic acids is 1. The van der Waals surface area contributed by atoms with Crippen molar-refractivity contribution >= 4 is 29.0 Å². The number of hydrogen-bond acceptors (Lipinski definition) is 4. The van der Waals surface area contributed by atoms with E-state index in [1.54, 1.807) is 43.4 Å². The van der Waals surface area contributed by atoms with Crippen molar-refractivity contribution < 1.29 is 10.0 Å². The molecule has 0 saturated carbocycles. The number of oxime groups is 1. The van der Waals surface area contributed by atoms with Gasteiger partial charge in [0, 0.05) is 24.5 Å². The van der Waals surface area contributed by atoms with Crippen LogP contribution in [0.25, 0.3) is 0 Å². The monoisotopic (exact) mass is 304 g/mol. The van der Waals surface area contributed by atoms with E-state index in [0.717, 1.165) is 0 Å². The van der Waals surface area contributed by atoms with Gasteiger partial charge in [0.05, 0.1) is 5.02 Å². The van der Waals surface area contributed by atoms with Crippen LogP contribution in [0.2, 0.25) is 5.02 Å². The zero-order valence-electron chi connectivity index (χ0n) is 11.2. The highest BCUT2D eigenvalue weighted by molar-refractivity contribution is 6.30. The van der Waals surface area contributed by atoms with E-state index in [1.807, 2.05) is 0 Å². The van der Waals surface area contributed by atoms with Gasteiger partial charge in [-0.3, -0.25) is 4.79 Å². The normalized spacial score (nSPS) is 11.2. The molecular formula is C14H13ClN4O2. The number of amidine groups is 1. The highest BCUT2D eigenvalue weighted by Gasteiger charge is 2.15. The van der Waals surface area contributed by atoms with Gasteiger partial charge in [-0.15, -0.1) is 0 Å². The molecule has 2 rings (SSSR count). The Morgan fingerprint density at radius 1 is 1.38 bits per heavy atom. The number of hydrogen-bond donors (Lipinski definition) is 2. The number of benzene rings is 1. The fourth-order valence-electron chi connectivity index (χ4n) is 1.72. The predicted octanol–water partition coefficient (Wildman–Crippen LogP) is 2.11. The van der Waals surface area contributed by atoms with E-state index in [9.17, 15) is 4.79 Å². The SMILES string of the molecule is CN(C(=O)c1ccc(Cl)cn1)c1cccc(C(N)=NO)c1. The Hall–Kier alpha value is -2.60. The molecule has 0 aliphatic rings. The lowest BCUT2D eigenvalue weighted by molar-refractivity contribution is 0.0988. The van der Waals surface area contributed by atoms with Crippen LogP contribution in [0.1, 0.15) is 16.1 Å². The van der Waals surface area contributed by atoms with E-state index in [2.05, 4.69) is 10.1 Å². The van der Waals surface area contributed by atoms with E-state index in [-0.39, 0.29) is 17.4 Å². The first-order chi connectivity index (χ1) is 10.0. The van der Waals surface area contributed by atoms with E-state index in [1.165, 1.54) is 11.1 Å². The standard InChI is InChI=1S/C14H13ClN4O2/c1-19(14(20)12-6-5-10(15)8-17-12)11-4-2-3-9(7-11)13(16)18-21/h2-8,21H,1H3,(H2,16,18). The molecule has 108 valence electrons. The van der Waals surface area contributed by atoms with Crippen LogP contribution in [-0.2, 0) is 0 Å². The Labute approximate surface area is 126 Å². The van der Waals surface area contributed by atoms with Gasteiger partial charge in [-0.05, 0) is 24.3 Å². The van der Waals surface area contributed by atoms with Gasteiger partial charge < -0.3 is 15.8 Å². The van der Waals surface area contributed by atoms with Crippen molar-refractivity contribution in [1.82, 2.24) is 4.98 Å². The average molecular weight is 305 g/mol. The predicted molar refractivity (Wildman–Crippen MR) is 80.9 cm³/mol. The maximum Gasteiger partial charge on any atom is 0.276 e. The number of carbonyl (C=O) groups is 1. The largest absolute Gasteiger partial charge is 0.409 e. The summed E-state index contributed by atoms with van der Waals surface area (Å²) in [7, 11) is 1.62. The minimum atomic E-state index is -0.289. The maximum atomic E-state index is 12.3. The van der Waals surface area contributed by atoms with Crippen LogP contribution in [-0.4, -0.2) is 29.0 Å². The van der Waals surface area contributed by atoms with Crippen molar-refractivity contribution in [2.75, 3.05) is 11.9 Å². The molecule has 0 radical (unpaired) electrons. The van der Waals surface area contributed by atoms with Crippen molar-refractivity contribution in [1.29, 1.82) is 0 Å². The summed E-state index contributed by atoms with van der Waals surface area (Å²) in [5, 5.41) is 12.1. The molecule has 1 aromatic heterocycles. The fourth-order valence-corrected chi connectivity index (χ4v) is 1.83. The first-order valence-electron chi connectivity index (χ1n) is 6.00. The lowest BCUT2D eigenvalue weighted by atomic mass is 10.1. The van der Waals surface area contributed by atoms with Crippen LogP contribution in [0.15, 0.2) is 47.8 Å². The molecule has 7 heteroatoms. The van der Waals surface area contributed by atoms with Gasteiger partial charge in [0.1, 0.15) is 5.69 Å². The molecule has 0 aliphatic heterocycles. The first-order valence-corrected chi connectivity index (χ1v) is 6.38. The third-order valence-corrected chi connectivity index (χ3v) is 3.11. The minimum Gasteiger partial charge on any atom is -0.409 e. The van der Waals surface area contributed by atoms with E-state index in [0.29, 0.717) is 16.3 Å². The number of halogens is 1. The zero-order valence-corrected chi connectivity index (χ0v) is 11.9. The highest BCUT2D eigenvalue weighted by atomic mass is 35.5. The van der Waals surface area contributed by atoms with Crippen LogP contribution in [0.4, 0.5) is 5.69 Å². The van der Waals surface area contributed by atoms with Crippen molar-refractivity contribution in [3.8, 4) is 0 Å². The van der Waals surface area contributed by atoms with E-state index >= 15 is 0 Å². The lowest BCUT2D eigenvalue weighted by Gasteiger charge is -2.17. The molecule has 0 bridgehead atoms. The summed E-state index contributed by atoms with van der Waals surface area (Å²) in [6.45, 7) is 0. The van der Waals surface area contributed by atoms with Gasteiger partial charge in [0.25, 0.3) is 5.91 Å². The van der Waals surface area contributed by atoms with Crippen LogP contribution >= 0.6 is 11.6 Å². The molecule has 1 amide bonds. The molecule has 0 atom stereocenters. The maximum absolute atomic E-state index is 12.3. The van der Waals surface area contributed by atoms with Gasteiger partial charge >= 0.3 is 0 Å². The van der Waals surface area contributed by atoms with Gasteiger partial charge in [-0.25, -0.2) is 4.98 Å². The topological polar surface area (TPSA) is 91.8 Å². The van der Waals surface area contributed by atoms with Crippen molar-refractivity contribution in [3.05, 3.63) is 58.9 Å². The third kappa shape index (κ3) is 3.29. The summed E-state index contributed by atoms with van der Waals surface area (Å²) in [5.74, 6) is -0.314. The third-order valence-electron chi connectivity index (χ3n) is 2.89. The zero-order chi connectivity index (χ0) is 15.4. The number of rotatable bonds is 3. The molecule has 6 nitrogen and oxygen atoms in total. The molecule has 21 heavy (non-hydrogen) atoms. The Morgan fingerprint density at radius 2 is 2.14 bits per heavy atom. The van der Waals surface area contributed by atoms with Gasteiger partial charge in [-0.1, -0.05) is 28.9 Å². The van der Waals surface area contributed by atoms with Crippen LogP contribution in [0.5, 0.6) is 0 Å². The van der Waals surface area contributed by atoms with E-state index in [4.69, 9.17) is 22.5 Å². The molecule has 0 fully saturated rings. The number of pyridine rings is 1. The van der Waals surface area contributed by atoms with Crippen molar-refractivity contribution in [2.24, 2.45) is 10.9 Å². The summed E-state index contributed by atoms with van der Waals surface area (Å²) in [5.41, 5.74) is 6.92. The summed E-state index contributed by atoms with van der Waals surface area (Å²) in [4.78, 5) is 17.7. The second-order valence-corrected chi connectivity index (χ2v) is 4.70. The molecule has 3 N–H and O–H groups in total. The summed E-state index contributed by atoms with van der Waals surface area (Å²) in [6, 6.07) is 9.92. The Kier molecular flexibility index (Phi) is 4.39. The Morgan fingerprint density at radius 3 is 2.76 bits per heavy atom. The van der Waals surface area contributed by atoms with Gasteiger partial charge in [0.15, 0.2) is 5.84 Å². The lowest BCUT2D eigenvalue weighted by Crippen LogP contribution is -2.27. The number of nitrogens with zero attached hydrogens (tertiary/aromatic N) is 3. The number of nitrogens with two attached hydrogens (primary N) is 1. The summed E-state index contributed by atoms with van der Waals surface area (Å²) in [6.07, 6.45) is 1.41. The molecule has 2 aromatic rings. The molecule has 0 unspecified atom stereocenters. The van der Waals surface area contributed by atoms with E-state index < -0.39 is 0 Å². The minimum absolute atomic E-state index is 0.0256. The number of anilines is 1. The summed E-state index contributed by atoms with van der Waals surface area (Å²) < 4.78 is 0. The molecule has 1 aromatic carbocycles. The Bertz CT molecular complexity index is 686. The van der Waals surface area contributed by atoms with Gasteiger partial charge in [0.2, 0.25) is 0 Å². The second kappa shape index (κ2) is 6.23. The fraction of sp³-hybridized carbons (Fsp3) is 0.0714. The summed E-state index contributed by atoms with van der Waals surface area (Å²) >= 11 is 5.75. The molecule has 0 spiro atoms. The quantitative estimate of drug-likeness (QED) is 0.393. The van der Waals surface area contributed by atoms with Crippen LogP contribution in [0.3, 0.4) is 0 Å². The van der Waals surface area contributed by atoms with Crippen LogP contribution < -0.4 is 10.6 Å². The van der Waals surface area contributed by atoms with Crippen molar-refractivity contribution in [2.45, 2.75) is 0 Å². The first kappa shape index (κ1) is 14.8. The number of amides is 1. The number of aromatic nitrogens is 1. The van der Waals surface area contributed by atoms with Crippen molar-refractivity contribution in [3.63, 3.8) is 0 Å². The molecule has 0 saturated heterocycles.